The van der Waals surface area contributed by atoms with Crippen molar-refractivity contribution in [3.8, 4) is 0 Å². The van der Waals surface area contributed by atoms with E-state index in [1.54, 1.807) is 16.7 Å². The summed E-state index contributed by atoms with van der Waals surface area (Å²) in [5.74, 6) is 0. The Labute approximate surface area is 117 Å². The summed E-state index contributed by atoms with van der Waals surface area (Å²) in [4.78, 5) is 18.8. The van der Waals surface area contributed by atoms with Gasteiger partial charge in [-0.15, -0.1) is 0 Å². The molecule has 0 aromatic carbocycles. The topological polar surface area (TPSA) is 57.8 Å². The first-order valence-electron chi connectivity index (χ1n) is 6.93. The number of hydrogen-bond acceptors (Lipinski definition) is 4. The second-order valence-electron chi connectivity index (χ2n) is 5.69. The van der Waals surface area contributed by atoms with Crippen LogP contribution >= 0.6 is 0 Å². The van der Waals surface area contributed by atoms with Gasteiger partial charge in [0, 0.05) is 31.9 Å². The molecular formula is C15H19N3O2. The van der Waals surface area contributed by atoms with Crippen molar-refractivity contribution in [2.24, 2.45) is 0 Å². The standard InChI is InChI=1S/C15H19N3O2/c1-3-15(20)9-17(10-15)8-12-7-13(19)18-6-4-5-11(2)14(18)16-12/h4-7,20H,3,8-10H2,1-2H3. The second kappa shape index (κ2) is 4.68. The third-order valence-electron chi connectivity index (χ3n) is 4.02. The summed E-state index contributed by atoms with van der Waals surface area (Å²) in [6.07, 6.45) is 2.50. The fourth-order valence-corrected chi connectivity index (χ4v) is 2.74. The van der Waals surface area contributed by atoms with Gasteiger partial charge >= 0.3 is 0 Å². The first-order valence-corrected chi connectivity index (χ1v) is 6.93. The number of aryl methyl sites for hydroxylation is 1. The SMILES string of the molecule is CCC1(O)CN(Cc2cc(=O)n3cccc(C)c3n2)C1. The summed E-state index contributed by atoms with van der Waals surface area (Å²) in [6, 6.07) is 5.38. The highest BCUT2D eigenvalue weighted by Crippen LogP contribution is 2.25. The monoisotopic (exact) mass is 273 g/mol. The Morgan fingerprint density at radius 1 is 1.45 bits per heavy atom. The van der Waals surface area contributed by atoms with E-state index in [2.05, 4.69) is 9.88 Å². The number of aliphatic hydroxyl groups is 1. The Hall–Kier alpha value is -1.72. The molecule has 2 aromatic rings. The molecule has 20 heavy (non-hydrogen) atoms. The molecule has 3 heterocycles. The molecule has 1 aliphatic rings. The Kier molecular flexibility index (Phi) is 3.11. The number of β-amino-alcohol motifs (C(OH)–C–C–N with tert-alkyl or cyclic N) is 1. The van der Waals surface area contributed by atoms with Crippen LogP contribution in [0.4, 0.5) is 0 Å². The molecule has 106 valence electrons. The molecule has 0 radical (unpaired) electrons. The van der Waals surface area contributed by atoms with Gasteiger partial charge < -0.3 is 5.11 Å². The van der Waals surface area contributed by atoms with E-state index in [1.807, 2.05) is 26.0 Å². The maximum atomic E-state index is 12.1. The lowest BCUT2D eigenvalue weighted by atomic mass is 9.91. The van der Waals surface area contributed by atoms with Crippen LogP contribution in [0.3, 0.4) is 0 Å². The molecule has 0 amide bonds. The van der Waals surface area contributed by atoms with Crippen LogP contribution < -0.4 is 5.56 Å². The fourth-order valence-electron chi connectivity index (χ4n) is 2.74. The van der Waals surface area contributed by atoms with Gasteiger partial charge in [0.2, 0.25) is 0 Å². The quantitative estimate of drug-likeness (QED) is 0.905. The van der Waals surface area contributed by atoms with Crippen molar-refractivity contribution < 1.29 is 5.11 Å². The number of pyridine rings is 1. The molecular weight excluding hydrogens is 254 g/mol. The normalized spacial score (nSPS) is 18.1. The molecule has 1 fully saturated rings. The maximum Gasteiger partial charge on any atom is 0.258 e. The molecule has 0 spiro atoms. The Morgan fingerprint density at radius 3 is 2.90 bits per heavy atom. The van der Waals surface area contributed by atoms with Gasteiger partial charge in [0.25, 0.3) is 5.56 Å². The number of hydrogen-bond donors (Lipinski definition) is 1. The molecule has 1 saturated heterocycles. The molecule has 0 bridgehead atoms. The van der Waals surface area contributed by atoms with E-state index in [0.29, 0.717) is 25.3 Å². The zero-order valence-corrected chi connectivity index (χ0v) is 11.8. The molecule has 0 saturated carbocycles. The lowest BCUT2D eigenvalue weighted by Gasteiger charge is -2.46. The van der Waals surface area contributed by atoms with Gasteiger partial charge in [-0.25, -0.2) is 4.98 Å². The van der Waals surface area contributed by atoms with E-state index in [4.69, 9.17) is 0 Å². The van der Waals surface area contributed by atoms with Gasteiger partial charge in [-0.1, -0.05) is 13.0 Å². The maximum absolute atomic E-state index is 12.1. The summed E-state index contributed by atoms with van der Waals surface area (Å²) in [6.45, 7) is 5.85. The van der Waals surface area contributed by atoms with Crippen molar-refractivity contribution in [3.63, 3.8) is 0 Å². The van der Waals surface area contributed by atoms with E-state index < -0.39 is 5.60 Å². The van der Waals surface area contributed by atoms with Crippen molar-refractivity contribution in [3.05, 3.63) is 46.0 Å². The average Bonchev–Trinajstić information content (AvgIpc) is 2.38. The fraction of sp³-hybridized carbons (Fsp3) is 0.467. The summed E-state index contributed by atoms with van der Waals surface area (Å²) in [7, 11) is 0. The van der Waals surface area contributed by atoms with E-state index in [-0.39, 0.29) is 5.56 Å². The van der Waals surface area contributed by atoms with Gasteiger partial charge in [-0.05, 0) is 25.0 Å². The van der Waals surface area contributed by atoms with E-state index in [1.165, 1.54) is 0 Å². The molecule has 1 N–H and O–H groups in total. The van der Waals surface area contributed by atoms with Crippen LogP contribution in [-0.4, -0.2) is 38.1 Å². The Bertz CT molecular complexity index is 702. The van der Waals surface area contributed by atoms with Crippen molar-refractivity contribution in [2.75, 3.05) is 13.1 Å². The molecule has 5 heteroatoms. The third kappa shape index (κ3) is 2.23. The van der Waals surface area contributed by atoms with Crippen LogP contribution in [0.1, 0.15) is 24.6 Å². The lowest BCUT2D eigenvalue weighted by Crippen LogP contribution is -2.60. The summed E-state index contributed by atoms with van der Waals surface area (Å²) in [5.41, 5.74) is 1.85. The molecule has 1 aliphatic heterocycles. The molecule has 0 unspecified atom stereocenters. The lowest BCUT2D eigenvalue weighted by molar-refractivity contribution is -0.103. The number of nitrogens with zero attached hydrogens (tertiary/aromatic N) is 3. The van der Waals surface area contributed by atoms with Crippen LogP contribution in [0, 0.1) is 6.92 Å². The van der Waals surface area contributed by atoms with Gasteiger partial charge in [0.05, 0.1) is 11.3 Å². The Balaban J connectivity index is 1.87. The molecule has 0 atom stereocenters. The minimum Gasteiger partial charge on any atom is -0.387 e. The van der Waals surface area contributed by atoms with Gasteiger partial charge in [-0.3, -0.25) is 14.1 Å². The highest BCUT2D eigenvalue weighted by atomic mass is 16.3. The smallest absolute Gasteiger partial charge is 0.258 e. The van der Waals surface area contributed by atoms with Crippen molar-refractivity contribution in [2.45, 2.75) is 32.4 Å². The zero-order chi connectivity index (χ0) is 14.3. The summed E-state index contributed by atoms with van der Waals surface area (Å²) < 4.78 is 1.57. The number of likely N-dealkylation sites (tertiary alicyclic amines) is 1. The Morgan fingerprint density at radius 2 is 2.20 bits per heavy atom. The second-order valence-corrected chi connectivity index (χ2v) is 5.69. The van der Waals surface area contributed by atoms with Crippen molar-refractivity contribution >= 4 is 5.65 Å². The highest BCUT2D eigenvalue weighted by molar-refractivity contribution is 5.46. The minimum atomic E-state index is -0.554. The van der Waals surface area contributed by atoms with Crippen LogP contribution in [0.25, 0.3) is 5.65 Å². The van der Waals surface area contributed by atoms with Gasteiger partial charge in [0.1, 0.15) is 5.65 Å². The van der Waals surface area contributed by atoms with Crippen LogP contribution in [-0.2, 0) is 6.54 Å². The van der Waals surface area contributed by atoms with E-state index in [9.17, 15) is 9.90 Å². The summed E-state index contributed by atoms with van der Waals surface area (Å²) in [5, 5.41) is 10.0. The van der Waals surface area contributed by atoms with Crippen molar-refractivity contribution in [1.82, 2.24) is 14.3 Å². The number of rotatable bonds is 3. The van der Waals surface area contributed by atoms with Crippen LogP contribution in [0.2, 0.25) is 0 Å². The minimum absolute atomic E-state index is 0.0556. The van der Waals surface area contributed by atoms with Crippen molar-refractivity contribution in [1.29, 1.82) is 0 Å². The van der Waals surface area contributed by atoms with Gasteiger partial charge in [-0.2, -0.15) is 0 Å². The first-order chi connectivity index (χ1) is 9.50. The van der Waals surface area contributed by atoms with Crippen LogP contribution in [0.5, 0.6) is 0 Å². The predicted molar refractivity (Wildman–Crippen MR) is 76.7 cm³/mol. The van der Waals surface area contributed by atoms with Crippen LogP contribution in [0.15, 0.2) is 29.2 Å². The molecule has 2 aromatic heterocycles. The van der Waals surface area contributed by atoms with E-state index in [0.717, 1.165) is 17.7 Å². The average molecular weight is 273 g/mol. The largest absolute Gasteiger partial charge is 0.387 e. The molecule has 5 nitrogen and oxygen atoms in total. The highest BCUT2D eigenvalue weighted by Gasteiger charge is 2.39. The molecule has 3 rings (SSSR count). The number of fused-ring (bicyclic) bond motifs is 1. The first kappa shape index (κ1) is 13.3. The van der Waals surface area contributed by atoms with E-state index >= 15 is 0 Å². The molecule has 0 aliphatic carbocycles. The third-order valence-corrected chi connectivity index (χ3v) is 4.02. The number of aromatic nitrogens is 2. The predicted octanol–water partition coefficient (Wildman–Crippen LogP) is 0.960. The summed E-state index contributed by atoms with van der Waals surface area (Å²) >= 11 is 0. The zero-order valence-electron chi connectivity index (χ0n) is 11.8. The van der Waals surface area contributed by atoms with Gasteiger partial charge in [0.15, 0.2) is 0 Å².